The fourth-order valence-electron chi connectivity index (χ4n) is 2.39. The van der Waals surface area contributed by atoms with Crippen molar-refractivity contribution < 1.29 is 9.18 Å². The van der Waals surface area contributed by atoms with Gasteiger partial charge in [-0.3, -0.25) is 0 Å². The van der Waals surface area contributed by atoms with E-state index in [-0.39, 0.29) is 17.9 Å². The van der Waals surface area contributed by atoms with Crippen LogP contribution in [-0.2, 0) is 12.8 Å². The van der Waals surface area contributed by atoms with E-state index in [2.05, 4.69) is 29.7 Å². The molecule has 0 saturated heterocycles. The second-order valence-corrected chi connectivity index (χ2v) is 5.60. The Morgan fingerprint density at radius 1 is 1.13 bits per heavy atom. The molecule has 1 unspecified atom stereocenters. The van der Waals surface area contributed by atoms with Gasteiger partial charge in [-0.15, -0.1) is 0 Å². The minimum Gasteiger partial charge on any atom is -0.338 e. The Balaban J connectivity index is 1.77. The van der Waals surface area contributed by atoms with Gasteiger partial charge in [-0.25, -0.2) is 9.18 Å². The summed E-state index contributed by atoms with van der Waals surface area (Å²) in [7, 11) is 0. The molecule has 0 aliphatic heterocycles. The Hall–Kier alpha value is -2.36. The summed E-state index contributed by atoms with van der Waals surface area (Å²) >= 11 is 0. The largest absolute Gasteiger partial charge is 0.338 e. The minimum atomic E-state index is -0.254. The van der Waals surface area contributed by atoms with Crippen LogP contribution >= 0.6 is 0 Å². The summed E-state index contributed by atoms with van der Waals surface area (Å²) in [6.45, 7) is 4.53. The van der Waals surface area contributed by atoms with E-state index < -0.39 is 0 Å². The van der Waals surface area contributed by atoms with Crippen LogP contribution < -0.4 is 10.6 Å². The topological polar surface area (TPSA) is 41.1 Å². The van der Waals surface area contributed by atoms with Crippen molar-refractivity contribution in [2.24, 2.45) is 0 Å². The van der Waals surface area contributed by atoms with Crippen molar-refractivity contribution in [2.75, 3.05) is 6.54 Å². The van der Waals surface area contributed by atoms with E-state index in [4.69, 9.17) is 0 Å². The maximum absolute atomic E-state index is 13.1. The molecule has 122 valence electrons. The lowest BCUT2D eigenvalue weighted by molar-refractivity contribution is 0.238. The second kappa shape index (κ2) is 8.32. The maximum Gasteiger partial charge on any atom is 0.315 e. The predicted molar refractivity (Wildman–Crippen MR) is 90.9 cm³/mol. The highest BCUT2D eigenvalue weighted by atomic mass is 19.1. The number of nitrogens with one attached hydrogen (secondary N) is 2. The number of aryl methyl sites for hydroxylation is 1. The van der Waals surface area contributed by atoms with E-state index in [1.807, 2.05) is 25.1 Å². The van der Waals surface area contributed by atoms with Gasteiger partial charge >= 0.3 is 6.03 Å². The Labute approximate surface area is 136 Å². The lowest BCUT2D eigenvalue weighted by Crippen LogP contribution is -2.38. The van der Waals surface area contributed by atoms with Gasteiger partial charge in [0.2, 0.25) is 0 Å². The third-order valence-corrected chi connectivity index (χ3v) is 3.82. The number of urea groups is 1. The van der Waals surface area contributed by atoms with Gasteiger partial charge in [0.15, 0.2) is 0 Å². The summed E-state index contributed by atoms with van der Waals surface area (Å²) < 4.78 is 13.1. The molecular weight excluding hydrogens is 291 g/mol. The van der Waals surface area contributed by atoms with E-state index in [9.17, 15) is 9.18 Å². The molecule has 2 rings (SSSR count). The summed E-state index contributed by atoms with van der Waals surface area (Å²) in [5.74, 6) is -0.254. The van der Waals surface area contributed by atoms with Crippen molar-refractivity contribution in [3.05, 3.63) is 71.0 Å². The zero-order valence-electron chi connectivity index (χ0n) is 13.6. The molecule has 2 aromatic carbocycles. The van der Waals surface area contributed by atoms with Crippen LogP contribution in [0.3, 0.4) is 0 Å². The van der Waals surface area contributed by atoms with Crippen molar-refractivity contribution in [3.63, 3.8) is 0 Å². The van der Waals surface area contributed by atoms with Crippen molar-refractivity contribution in [3.8, 4) is 0 Å². The highest BCUT2D eigenvalue weighted by molar-refractivity contribution is 5.74. The lowest BCUT2D eigenvalue weighted by atomic mass is 10.1. The van der Waals surface area contributed by atoms with Crippen LogP contribution in [-0.4, -0.2) is 12.6 Å². The van der Waals surface area contributed by atoms with Crippen LogP contribution in [0.5, 0.6) is 0 Å². The van der Waals surface area contributed by atoms with Crippen LogP contribution in [0, 0.1) is 5.82 Å². The molecule has 0 fully saturated rings. The van der Waals surface area contributed by atoms with Gasteiger partial charge in [0, 0.05) is 6.54 Å². The van der Waals surface area contributed by atoms with Gasteiger partial charge in [0.1, 0.15) is 5.82 Å². The van der Waals surface area contributed by atoms with Crippen LogP contribution in [0.15, 0.2) is 48.5 Å². The zero-order chi connectivity index (χ0) is 16.7. The van der Waals surface area contributed by atoms with E-state index in [1.54, 1.807) is 6.07 Å². The quantitative estimate of drug-likeness (QED) is 0.831. The Morgan fingerprint density at radius 2 is 1.87 bits per heavy atom. The number of benzene rings is 2. The Kier molecular flexibility index (Phi) is 6.15. The molecule has 4 heteroatoms. The normalized spacial score (nSPS) is 11.8. The van der Waals surface area contributed by atoms with E-state index >= 15 is 0 Å². The number of halogens is 1. The summed E-state index contributed by atoms with van der Waals surface area (Å²) in [4.78, 5) is 11.9. The monoisotopic (exact) mass is 314 g/mol. The van der Waals surface area contributed by atoms with Crippen LogP contribution in [0.1, 0.15) is 36.6 Å². The van der Waals surface area contributed by atoms with Crippen LogP contribution in [0.25, 0.3) is 0 Å². The third-order valence-electron chi connectivity index (χ3n) is 3.82. The van der Waals surface area contributed by atoms with Crippen molar-refractivity contribution in [2.45, 2.75) is 32.7 Å². The predicted octanol–water partition coefficient (Wildman–Crippen LogP) is 3.99. The first kappa shape index (κ1) is 17.0. The zero-order valence-corrected chi connectivity index (χ0v) is 13.6. The van der Waals surface area contributed by atoms with Crippen LogP contribution in [0.4, 0.5) is 9.18 Å². The smallest absolute Gasteiger partial charge is 0.315 e. The summed E-state index contributed by atoms with van der Waals surface area (Å²) in [6, 6.07) is 14.4. The van der Waals surface area contributed by atoms with E-state index in [0.29, 0.717) is 13.0 Å². The molecule has 3 nitrogen and oxygen atoms in total. The van der Waals surface area contributed by atoms with Crippen molar-refractivity contribution >= 4 is 6.03 Å². The first-order valence-electron chi connectivity index (χ1n) is 7.96. The molecule has 0 radical (unpaired) electrons. The fourth-order valence-corrected chi connectivity index (χ4v) is 2.39. The number of carbonyl (C=O) groups is 1. The summed E-state index contributed by atoms with van der Waals surface area (Å²) in [6.07, 6.45) is 1.60. The number of carbonyl (C=O) groups excluding carboxylic acids is 1. The highest BCUT2D eigenvalue weighted by Gasteiger charge is 2.08. The molecule has 2 amide bonds. The third kappa shape index (κ3) is 5.40. The van der Waals surface area contributed by atoms with Gasteiger partial charge < -0.3 is 10.6 Å². The van der Waals surface area contributed by atoms with Gasteiger partial charge in [-0.05, 0) is 48.6 Å². The number of rotatable bonds is 6. The summed E-state index contributed by atoms with van der Waals surface area (Å²) in [5.41, 5.74) is 3.22. The standard InChI is InChI=1S/C19H23FN2O/c1-3-15-7-9-17(10-8-15)14(2)22-19(23)21-12-11-16-5-4-6-18(20)13-16/h4-10,13-14H,3,11-12H2,1-2H3,(H2,21,22,23). The molecule has 0 saturated carbocycles. The first-order chi connectivity index (χ1) is 11.1. The molecule has 1 atom stereocenters. The van der Waals surface area contributed by atoms with Crippen molar-refractivity contribution in [1.82, 2.24) is 10.6 Å². The second-order valence-electron chi connectivity index (χ2n) is 5.60. The molecule has 0 aromatic heterocycles. The molecule has 0 aliphatic carbocycles. The number of amides is 2. The van der Waals surface area contributed by atoms with E-state index in [0.717, 1.165) is 17.5 Å². The average molecular weight is 314 g/mol. The van der Waals surface area contributed by atoms with Crippen molar-refractivity contribution in [1.29, 1.82) is 0 Å². The molecule has 0 heterocycles. The van der Waals surface area contributed by atoms with Gasteiger partial charge in [0.05, 0.1) is 6.04 Å². The summed E-state index contributed by atoms with van der Waals surface area (Å²) in [5, 5.41) is 5.71. The molecule has 0 aliphatic rings. The number of hydrogen-bond acceptors (Lipinski definition) is 1. The minimum absolute atomic E-state index is 0.0601. The molecule has 23 heavy (non-hydrogen) atoms. The molecule has 0 bridgehead atoms. The Morgan fingerprint density at radius 3 is 2.52 bits per heavy atom. The van der Waals surface area contributed by atoms with Gasteiger partial charge in [0.25, 0.3) is 0 Å². The van der Waals surface area contributed by atoms with Gasteiger partial charge in [-0.1, -0.05) is 43.3 Å². The average Bonchev–Trinajstić information content (AvgIpc) is 2.55. The fraction of sp³-hybridized carbons (Fsp3) is 0.316. The number of hydrogen-bond donors (Lipinski definition) is 2. The van der Waals surface area contributed by atoms with E-state index in [1.165, 1.54) is 17.7 Å². The molecule has 2 N–H and O–H groups in total. The maximum atomic E-state index is 13.1. The van der Waals surface area contributed by atoms with Gasteiger partial charge in [-0.2, -0.15) is 0 Å². The molecular formula is C19H23FN2O. The molecule has 0 spiro atoms. The first-order valence-corrected chi connectivity index (χ1v) is 7.96. The molecule has 2 aromatic rings. The van der Waals surface area contributed by atoms with Crippen LogP contribution in [0.2, 0.25) is 0 Å². The lowest BCUT2D eigenvalue weighted by Gasteiger charge is -2.15. The Bertz CT molecular complexity index is 640. The highest BCUT2D eigenvalue weighted by Crippen LogP contribution is 2.13. The SMILES string of the molecule is CCc1ccc(C(C)NC(=O)NCCc2cccc(F)c2)cc1.